The molecule has 1 heterocycles. The Morgan fingerprint density at radius 1 is 1.56 bits per heavy atom. The molecule has 0 saturated heterocycles. The molecule has 1 atom stereocenters. The van der Waals surface area contributed by atoms with Crippen molar-refractivity contribution in [3.8, 4) is 5.75 Å². The van der Waals surface area contributed by atoms with E-state index in [1.807, 2.05) is 6.08 Å². The van der Waals surface area contributed by atoms with Gasteiger partial charge in [0.2, 0.25) is 0 Å². The van der Waals surface area contributed by atoms with Crippen LogP contribution in [-0.2, 0) is 6.42 Å². The minimum absolute atomic E-state index is 0.115. The molecule has 0 amide bonds. The Labute approximate surface area is 109 Å². The van der Waals surface area contributed by atoms with E-state index in [2.05, 4.69) is 43.9 Å². The van der Waals surface area contributed by atoms with Crippen LogP contribution in [0, 0.1) is 0 Å². The first-order valence-corrected chi connectivity index (χ1v) is 6.42. The summed E-state index contributed by atoms with van der Waals surface area (Å²) in [7, 11) is 0. The Kier molecular flexibility index (Phi) is 3.73. The van der Waals surface area contributed by atoms with E-state index in [4.69, 9.17) is 10.5 Å². The summed E-state index contributed by atoms with van der Waals surface area (Å²) in [5.41, 5.74) is 8.17. The molecule has 0 saturated carbocycles. The van der Waals surface area contributed by atoms with Gasteiger partial charge in [0.05, 0.1) is 0 Å². The molecule has 1 aromatic rings. The van der Waals surface area contributed by atoms with Crippen molar-refractivity contribution in [3.05, 3.63) is 42.0 Å². The first-order valence-electron chi connectivity index (χ1n) is 6.42. The van der Waals surface area contributed by atoms with Crippen LogP contribution in [0.2, 0.25) is 0 Å². The molecule has 1 aromatic carbocycles. The molecule has 0 fully saturated rings. The SMILES string of the molecule is C=CCNC(CN)c1cccc2c1OC(C)(C)C2. The minimum atomic E-state index is -0.115. The Morgan fingerprint density at radius 3 is 3.00 bits per heavy atom. The molecule has 0 spiro atoms. The first-order chi connectivity index (χ1) is 8.57. The van der Waals surface area contributed by atoms with Crippen molar-refractivity contribution in [2.24, 2.45) is 5.73 Å². The third kappa shape index (κ3) is 2.57. The molecule has 3 heteroatoms. The molecule has 1 aliphatic heterocycles. The van der Waals surface area contributed by atoms with Crippen molar-refractivity contribution in [3.63, 3.8) is 0 Å². The summed E-state index contributed by atoms with van der Waals surface area (Å²) in [5, 5.41) is 3.37. The summed E-state index contributed by atoms with van der Waals surface area (Å²) >= 11 is 0. The third-order valence-corrected chi connectivity index (χ3v) is 3.24. The normalized spacial score (nSPS) is 17.9. The number of para-hydroxylation sites is 1. The van der Waals surface area contributed by atoms with Crippen LogP contribution in [0.25, 0.3) is 0 Å². The number of fused-ring (bicyclic) bond motifs is 1. The highest BCUT2D eigenvalue weighted by atomic mass is 16.5. The lowest BCUT2D eigenvalue weighted by Gasteiger charge is -2.22. The van der Waals surface area contributed by atoms with Gasteiger partial charge < -0.3 is 15.8 Å². The number of hydrogen-bond donors (Lipinski definition) is 2. The maximum Gasteiger partial charge on any atom is 0.128 e. The summed E-state index contributed by atoms with van der Waals surface area (Å²) in [6.45, 7) is 9.25. The lowest BCUT2D eigenvalue weighted by atomic mass is 9.98. The third-order valence-electron chi connectivity index (χ3n) is 3.24. The first kappa shape index (κ1) is 13.1. The second kappa shape index (κ2) is 5.12. The second-order valence-corrected chi connectivity index (χ2v) is 5.36. The van der Waals surface area contributed by atoms with E-state index in [1.165, 1.54) is 5.56 Å². The van der Waals surface area contributed by atoms with E-state index in [0.717, 1.165) is 24.3 Å². The van der Waals surface area contributed by atoms with Crippen LogP contribution >= 0.6 is 0 Å². The Morgan fingerprint density at radius 2 is 2.33 bits per heavy atom. The van der Waals surface area contributed by atoms with Crippen LogP contribution in [0.3, 0.4) is 0 Å². The fraction of sp³-hybridized carbons (Fsp3) is 0.467. The molecule has 2 rings (SSSR count). The molecule has 18 heavy (non-hydrogen) atoms. The van der Waals surface area contributed by atoms with Gasteiger partial charge in [-0.05, 0) is 19.4 Å². The smallest absolute Gasteiger partial charge is 0.128 e. The van der Waals surface area contributed by atoms with E-state index in [-0.39, 0.29) is 11.6 Å². The quantitative estimate of drug-likeness (QED) is 0.783. The van der Waals surface area contributed by atoms with Crippen LogP contribution < -0.4 is 15.8 Å². The highest BCUT2D eigenvalue weighted by Gasteiger charge is 2.32. The van der Waals surface area contributed by atoms with Gasteiger partial charge in [-0.2, -0.15) is 0 Å². The van der Waals surface area contributed by atoms with Crippen molar-refractivity contribution in [1.29, 1.82) is 0 Å². The molecule has 3 N–H and O–H groups in total. The van der Waals surface area contributed by atoms with Crippen LogP contribution in [-0.4, -0.2) is 18.7 Å². The zero-order valence-corrected chi connectivity index (χ0v) is 11.2. The van der Waals surface area contributed by atoms with Gasteiger partial charge in [0.25, 0.3) is 0 Å². The summed E-state index contributed by atoms with van der Waals surface area (Å²) in [5.74, 6) is 1.01. The van der Waals surface area contributed by atoms with E-state index < -0.39 is 0 Å². The molecule has 1 unspecified atom stereocenters. The molecule has 98 valence electrons. The summed E-state index contributed by atoms with van der Waals surface area (Å²) in [4.78, 5) is 0. The average Bonchev–Trinajstić information content (AvgIpc) is 2.64. The Bertz CT molecular complexity index is 440. The zero-order chi connectivity index (χ0) is 13.2. The molecular formula is C15H22N2O. The second-order valence-electron chi connectivity index (χ2n) is 5.36. The molecule has 0 aliphatic carbocycles. The molecule has 0 bridgehead atoms. The highest BCUT2D eigenvalue weighted by Crippen LogP contribution is 2.39. The topological polar surface area (TPSA) is 47.3 Å². The number of nitrogens with one attached hydrogen (secondary N) is 1. The van der Waals surface area contributed by atoms with E-state index in [1.54, 1.807) is 0 Å². The molecule has 3 nitrogen and oxygen atoms in total. The standard InChI is InChI=1S/C15H22N2O/c1-4-8-17-13(10-16)12-7-5-6-11-9-15(2,3)18-14(11)12/h4-7,13,17H,1,8-10,16H2,2-3H3. The minimum Gasteiger partial charge on any atom is -0.487 e. The van der Waals surface area contributed by atoms with Gasteiger partial charge >= 0.3 is 0 Å². The van der Waals surface area contributed by atoms with Crippen LogP contribution in [0.15, 0.2) is 30.9 Å². The van der Waals surface area contributed by atoms with Gasteiger partial charge in [-0.3, -0.25) is 0 Å². The molecular weight excluding hydrogens is 224 g/mol. The van der Waals surface area contributed by atoms with Crippen molar-refractivity contribution in [1.82, 2.24) is 5.32 Å². The van der Waals surface area contributed by atoms with Gasteiger partial charge in [0.15, 0.2) is 0 Å². The molecule has 0 aromatic heterocycles. The van der Waals surface area contributed by atoms with E-state index in [0.29, 0.717) is 6.54 Å². The van der Waals surface area contributed by atoms with Crippen molar-refractivity contribution in [2.45, 2.75) is 31.9 Å². The van der Waals surface area contributed by atoms with Gasteiger partial charge in [-0.25, -0.2) is 0 Å². The highest BCUT2D eigenvalue weighted by molar-refractivity contribution is 5.47. The predicted octanol–water partition coefficient (Wildman–Crippen LogP) is 2.18. The maximum absolute atomic E-state index is 6.07. The number of rotatable bonds is 5. The predicted molar refractivity (Wildman–Crippen MR) is 74.8 cm³/mol. The monoisotopic (exact) mass is 246 g/mol. The Hall–Kier alpha value is -1.32. The number of ether oxygens (including phenoxy) is 1. The zero-order valence-electron chi connectivity index (χ0n) is 11.2. The fourth-order valence-electron chi connectivity index (χ4n) is 2.46. The number of nitrogens with two attached hydrogens (primary N) is 1. The van der Waals surface area contributed by atoms with Gasteiger partial charge in [0.1, 0.15) is 11.4 Å². The van der Waals surface area contributed by atoms with Crippen LogP contribution in [0.5, 0.6) is 5.75 Å². The van der Waals surface area contributed by atoms with Crippen molar-refractivity contribution >= 4 is 0 Å². The molecule has 1 aliphatic rings. The van der Waals surface area contributed by atoms with Crippen molar-refractivity contribution < 1.29 is 4.74 Å². The van der Waals surface area contributed by atoms with Gasteiger partial charge in [0, 0.05) is 31.1 Å². The summed E-state index contributed by atoms with van der Waals surface area (Å²) in [6.07, 6.45) is 2.80. The molecule has 0 radical (unpaired) electrons. The number of hydrogen-bond acceptors (Lipinski definition) is 3. The Balaban J connectivity index is 2.29. The van der Waals surface area contributed by atoms with Crippen LogP contribution in [0.4, 0.5) is 0 Å². The summed E-state index contributed by atoms with van der Waals surface area (Å²) < 4.78 is 6.07. The van der Waals surface area contributed by atoms with Gasteiger partial charge in [-0.1, -0.05) is 24.3 Å². The van der Waals surface area contributed by atoms with Crippen molar-refractivity contribution in [2.75, 3.05) is 13.1 Å². The summed E-state index contributed by atoms with van der Waals surface area (Å²) in [6, 6.07) is 6.42. The fourth-order valence-corrected chi connectivity index (χ4v) is 2.46. The lowest BCUT2D eigenvalue weighted by molar-refractivity contribution is 0.136. The maximum atomic E-state index is 6.07. The largest absolute Gasteiger partial charge is 0.487 e. The van der Waals surface area contributed by atoms with Crippen LogP contribution in [0.1, 0.15) is 31.0 Å². The van der Waals surface area contributed by atoms with Gasteiger partial charge in [-0.15, -0.1) is 6.58 Å². The number of benzene rings is 1. The lowest BCUT2D eigenvalue weighted by Crippen LogP contribution is -2.29. The average molecular weight is 246 g/mol. The van der Waals surface area contributed by atoms with E-state index in [9.17, 15) is 0 Å². The van der Waals surface area contributed by atoms with E-state index >= 15 is 0 Å².